The van der Waals surface area contributed by atoms with Crippen molar-refractivity contribution in [2.45, 2.75) is 17.7 Å². The van der Waals surface area contributed by atoms with Crippen molar-refractivity contribution in [3.8, 4) is 16.9 Å². The van der Waals surface area contributed by atoms with Crippen molar-refractivity contribution in [3.05, 3.63) is 60.0 Å². The molecule has 2 heterocycles. The van der Waals surface area contributed by atoms with Crippen LogP contribution < -0.4 is 4.90 Å². The number of hydrogen-bond acceptors (Lipinski definition) is 5. The molecule has 1 aliphatic rings. The van der Waals surface area contributed by atoms with Gasteiger partial charge in [-0.05, 0) is 36.4 Å². The Bertz CT molecular complexity index is 1200. The highest BCUT2D eigenvalue weighted by Crippen LogP contribution is 2.32. The van der Waals surface area contributed by atoms with Gasteiger partial charge in [-0.2, -0.15) is 0 Å². The number of imide groups is 1. The zero-order chi connectivity index (χ0) is 20.8. The number of nitrogens with zero attached hydrogens (tertiary/aromatic N) is 3. The molecular weight excluding hydrogens is 414 g/mol. The number of amides is 2. The Balaban J connectivity index is 1.71. The van der Waals surface area contributed by atoms with E-state index in [0.717, 1.165) is 11.8 Å². The Morgan fingerprint density at radius 2 is 1.45 bits per heavy atom. The Hall–Kier alpha value is -2.97. The number of carbonyl (C=O) groups is 2. The van der Waals surface area contributed by atoms with Gasteiger partial charge in [0.15, 0.2) is 15.0 Å². The van der Waals surface area contributed by atoms with Crippen LogP contribution in [0.5, 0.6) is 0 Å². The molecule has 0 N–H and O–H groups in total. The van der Waals surface area contributed by atoms with Crippen LogP contribution in [0.4, 0.5) is 5.69 Å². The van der Waals surface area contributed by atoms with E-state index in [1.165, 1.54) is 17.0 Å². The van der Waals surface area contributed by atoms with Crippen LogP contribution in [-0.4, -0.2) is 36.0 Å². The van der Waals surface area contributed by atoms with Gasteiger partial charge in [0.2, 0.25) is 11.8 Å². The Morgan fingerprint density at radius 1 is 0.897 bits per heavy atom. The summed E-state index contributed by atoms with van der Waals surface area (Å²) in [4.78, 5) is 29.4. The van der Waals surface area contributed by atoms with Gasteiger partial charge < -0.3 is 0 Å². The van der Waals surface area contributed by atoms with Crippen LogP contribution in [0, 0.1) is 0 Å². The fourth-order valence-corrected chi connectivity index (χ4v) is 4.14. The quantitative estimate of drug-likeness (QED) is 0.594. The minimum Gasteiger partial charge on any atom is -0.297 e. The van der Waals surface area contributed by atoms with E-state index >= 15 is 0 Å². The first-order valence-corrected chi connectivity index (χ1v) is 11.0. The van der Waals surface area contributed by atoms with E-state index in [9.17, 15) is 18.0 Å². The third-order valence-electron chi connectivity index (χ3n) is 4.72. The van der Waals surface area contributed by atoms with E-state index in [1.54, 1.807) is 47.3 Å². The van der Waals surface area contributed by atoms with Crippen LogP contribution in [0.1, 0.15) is 12.8 Å². The van der Waals surface area contributed by atoms with Gasteiger partial charge in [0, 0.05) is 30.3 Å². The third kappa shape index (κ3) is 3.56. The Labute approximate surface area is 172 Å². The lowest BCUT2D eigenvalue weighted by Gasteiger charge is -2.15. The van der Waals surface area contributed by atoms with E-state index in [4.69, 9.17) is 11.6 Å². The number of benzene rings is 2. The van der Waals surface area contributed by atoms with E-state index < -0.39 is 9.84 Å². The molecule has 1 saturated heterocycles. The highest BCUT2D eigenvalue weighted by Gasteiger charge is 2.30. The number of anilines is 1. The molecule has 3 aromatic rings. The third-order valence-corrected chi connectivity index (χ3v) is 6.12. The topological polar surface area (TPSA) is 89.3 Å². The first-order chi connectivity index (χ1) is 13.8. The maximum atomic E-state index is 11.9. The van der Waals surface area contributed by atoms with E-state index in [-0.39, 0.29) is 34.7 Å². The van der Waals surface area contributed by atoms with Crippen LogP contribution >= 0.6 is 11.6 Å². The molecule has 1 aliphatic heterocycles. The number of aromatic nitrogens is 2. The van der Waals surface area contributed by atoms with Crippen LogP contribution in [0.15, 0.2) is 59.8 Å². The fraction of sp³-hybridized carbons (Fsp3) is 0.150. The van der Waals surface area contributed by atoms with Gasteiger partial charge in [0.1, 0.15) is 6.33 Å². The van der Waals surface area contributed by atoms with Gasteiger partial charge in [0.25, 0.3) is 0 Å². The van der Waals surface area contributed by atoms with Crippen molar-refractivity contribution in [3.63, 3.8) is 0 Å². The molecule has 0 radical (unpaired) electrons. The molecule has 0 saturated carbocycles. The molecule has 29 heavy (non-hydrogen) atoms. The summed E-state index contributed by atoms with van der Waals surface area (Å²) < 4.78 is 25.1. The van der Waals surface area contributed by atoms with Crippen LogP contribution in [0.25, 0.3) is 16.9 Å². The average molecular weight is 430 g/mol. The molecule has 0 atom stereocenters. The molecule has 2 aromatic carbocycles. The smallest absolute Gasteiger partial charge is 0.234 e. The van der Waals surface area contributed by atoms with E-state index in [2.05, 4.69) is 4.98 Å². The molecule has 0 spiro atoms. The lowest BCUT2D eigenvalue weighted by molar-refractivity contribution is -0.121. The summed E-state index contributed by atoms with van der Waals surface area (Å²) in [5.74, 6) is -0.423. The lowest BCUT2D eigenvalue weighted by Crippen LogP contribution is -2.28. The second kappa shape index (κ2) is 7.13. The molecule has 0 bridgehead atoms. The van der Waals surface area contributed by atoms with Crippen LogP contribution in [0.2, 0.25) is 5.15 Å². The van der Waals surface area contributed by atoms with Gasteiger partial charge in [-0.25, -0.2) is 13.4 Å². The van der Waals surface area contributed by atoms with Crippen molar-refractivity contribution in [1.82, 2.24) is 9.55 Å². The number of hydrogen-bond donors (Lipinski definition) is 0. The molecule has 4 rings (SSSR count). The van der Waals surface area contributed by atoms with E-state index in [1.807, 2.05) is 0 Å². The zero-order valence-electron chi connectivity index (χ0n) is 15.4. The maximum Gasteiger partial charge on any atom is 0.234 e. The molecule has 0 unspecified atom stereocenters. The number of halogens is 1. The first kappa shape index (κ1) is 19.4. The zero-order valence-corrected chi connectivity index (χ0v) is 16.9. The standard InChI is InChI=1S/C20H16ClN3O4S/c1-29(27,28)16-8-6-14(7-9-16)23-12-22-20(21)19(23)13-2-4-15(5-3-13)24-17(25)10-11-18(24)26/h2-9,12H,10-11H2,1H3. The van der Waals surface area contributed by atoms with Crippen molar-refractivity contribution in [1.29, 1.82) is 0 Å². The summed E-state index contributed by atoms with van der Waals surface area (Å²) in [6, 6.07) is 13.3. The predicted molar refractivity (Wildman–Crippen MR) is 109 cm³/mol. The number of carbonyl (C=O) groups excluding carboxylic acids is 2. The number of imidazole rings is 1. The number of sulfone groups is 1. The monoisotopic (exact) mass is 429 g/mol. The number of rotatable bonds is 4. The second-order valence-electron chi connectivity index (χ2n) is 6.69. The summed E-state index contributed by atoms with van der Waals surface area (Å²) in [7, 11) is -3.29. The summed E-state index contributed by atoms with van der Waals surface area (Å²) in [6.45, 7) is 0. The minimum absolute atomic E-state index is 0.211. The molecule has 7 nitrogen and oxygen atoms in total. The van der Waals surface area contributed by atoms with Gasteiger partial charge in [-0.1, -0.05) is 23.7 Å². The van der Waals surface area contributed by atoms with Crippen molar-refractivity contribution < 1.29 is 18.0 Å². The first-order valence-electron chi connectivity index (χ1n) is 8.75. The summed E-state index contributed by atoms with van der Waals surface area (Å²) >= 11 is 6.30. The summed E-state index contributed by atoms with van der Waals surface area (Å²) in [6.07, 6.45) is 3.15. The predicted octanol–water partition coefficient (Wildman–Crippen LogP) is 3.25. The van der Waals surface area contributed by atoms with Gasteiger partial charge in [-0.15, -0.1) is 0 Å². The SMILES string of the molecule is CS(=O)(=O)c1ccc(-n2cnc(Cl)c2-c2ccc(N3C(=O)CCC3=O)cc2)cc1. The van der Waals surface area contributed by atoms with Gasteiger partial charge in [-0.3, -0.25) is 19.1 Å². The molecule has 1 aromatic heterocycles. The molecule has 1 fully saturated rings. The molecular formula is C20H16ClN3O4S. The molecule has 0 aliphatic carbocycles. The van der Waals surface area contributed by atoms with Gasteiger partial charge in [0.05, 0.1) is 16.3 Å². The van der Waals surface area contributed by atoms with Crippen LogP contribution in [0.3, 0.4) is 0 Å². The minimum atomic E-state index is -3.29. The molecule has 148 valence electrons. The van der Waals surface area contributed by atoms with E-state index in [0.29, 0.717) is 17.1 Å². The van der Waals surface area contributed by atoms with Crippen LogP contribution in [-0.2, 0) is 19.4 Å². The molecule has 9 heteroatoms. The highest BCUT2D eigenvalue weighted by molar-refractivity contribution is 7.90. The Kier molecular flexibility index (Phi) is 4.76. The summed E-state index contributed by atoms with van der Waals surface area (Å²) in [5, 5.41) is 0.276. The van der Waals surface area contributed by atoms with Crippen molar-refractivity contribution >= 4 is 38.9 Å². The maximum absolute atomic E-state index is 11.9. The van der Waals surface area contributed by atoms with Gasteiger partial charge >= 0.3 is 0 Å². The lowest BCUT2D eigenvalue weighted by atomic mass is 10.1. The fourth-order valence-electron chi connectivity index (χ4n) is 3.27. The average Bonchev–Trinajstić information content (AvgIpc) is 3.23. The normalized spacial score (nSPS) is 14.6. The van der Waals surface area contributed by atoms with Crippen molar-refractivity contribution in [2.24, 2.45) is 0 Å². The molecule has 2 amide bonds. The Morgan fingerprint density at radius 3 is 2.00 bits per heavy atom. The second-order valence-corrected chi connectivity index (χ2v) is 9.06. The largest absolute Gasteiger partial charge is 0.297 e. The summed E-state index contributed by atoms with van der Waals surface area (Å²) in [5.41, 5.74) is 2.56. The highest BCUT2D eigenvalue weighted by atomic mass is 35.5. The van der Waals surface area contributed by atoms with Crippen molar-refractivity contribution in [2.75, 3.05) is 11.2 Å².